The van der Waals surface area contributed by atoms with Gasteiger partial charge < -0.3 is 10.4 Å². The molecule has 2 N–H and O–H groups in total. The standard InChI is InChI=1S/C15H25NO3/c1-9-6-4-5-7-10(9)8-16-13(17)11-12(14(18)19)15(11,2)3/h9-12H,4-8H2,1-3H3,(H,16,17)(H,18,19)/t9?,10?,11-,12+/m1/s1. The van der Waals surface area contributed by atoms with Gasteiger partial charge in [0, 0.05) is 6.54 Å². The van der Waals surface area contributed by atoms with Crippen LogP contribution in [-0.2, 0) is 9.59 Å². The fourth-order valence-electron chi connectivity index (χ4n) is 3.63. The third-order valence-corrected chi connectivity index (χ3v) is 5.20. The lowest BCUT2D eigenvalue weighted by Gasteiger charge is -2.28. The quantitative estimate of drug-likeness (QED) is 0.821. The molecule has 0 aromatic carbocycles. The predicted molar refractivity (Wildman–Crippen MR) is 72.5 cm³/mol. The minimum absolute atomic E-state index is 0.0739. The SMILES string of the molecule is CC1CCCCC1CNC(=O)[C@H]1[C@@H](C(=O)O)C1(C)C. The first-order chi connectivity index (χ1) is 8.85. The zero-order valence-corrected chi connectivity index (χ0v) is 12.1. The maximum Gasteiger partial charge on any atom is 0.307 e. The van der Waals surface area contributed by atoms with Crippen LogP contribution >= 0.6 is 0 Å². The van der Waals surface area contributed by atoms with Crippen molar-refractivity contribution < 1.29 is 14.7 Å². The van der Waals surface area contributed by atoms with E-state index in [9.17, 15) is 9.59 Å². The molecule has 2 fully saturated rings. The van der Waals surface area contributed by atoms with Crippen LogP contribution in [0.25, 0.3) is 0 Å². The van der Waals surface area contributed by atoms with Gasteiger partial charge in [-0.05, 0) is 23.7 Å². The van der Waals surface area contributed by atoms with Crippen LogP contribution < -0.4 is 5.32 Å². The molecule has 0 bridgehead atoms. The number of amides is 1. The van der Waals surface area contributed by atoms with E-state index in [0.717, 1.165) is 0 Å². The smallest absolute Gasteiger partial charge is 0.307 e. The first kappa shape index (κ1) is 14.4. The summed E-state index contributed by atoms with van der Waals surface area (Å²) in [5.41, 5.74) is -0.395. The Labute approximate surface area is 115 Å². The van der Waals surface area contributed by atoms with E-state index >= 15 is 0 Å². The van der Waals surface area contributed by atoms with Crippen LogP contribution in [0.4, 0.5) is 0 Å². The minimum Gasteiger partial charge on any atom is -0.481 e. The lowest BCUT2D eigenvalue weighted by atomic mass is 9.80. The van der Waals surface area contributed by atoms with E-state index < -0.39 is 17.3 Å². The zero-order valence-electron chi connectivity index (χ0n) is 12.1. The van der Waals surface area contributed by atoms with Gasteiger partial charge in [0.1, 0.15) is 0 Å². The van der Waals surface area contributed by atoms with Gasteiger partial charge in [-0.2, -0.15) is 0 Å². The summed E-state index contributed by atoms with van der Waals surface area (Å²) in [7, 11) is 0. The van der Waals surface area contributed by atoms with Crippen molar-refractivity contribution in [1.82, 2.24) is 5.32 Å². The topological polar surface area (TPSA) is 66.4 Å². The molecule has 2 rings (SSSR count). The van der Waals surface area contributed by atoms with Crippen molar-refractivity contribution in [2.24, 2.45) is 29.1 Å². The number of carboxylic acids is 1. The van der Waals surface area contributed by atoms with Crippen molar-refractivity contribution in [2.75, 3.05) is 6.54 Å². The van der Waals surface area contributed by atoms with Crippen molar-refractivity contribution in [3.63, 3.8) is 0 Å². The van der Waals surface area contributed by atoms with Crippen molar-refractivity contribution >= 4 is 11.9 Å². The molecule has 0 radical (unpaired) electrons. The van der Waals surface area contributed by atoms with Crippen LogP contribution in [0.1, 0.15) is 46.5 Å². The molecule has 4 atom stereocenters. The maximum atomic E-state index is 12.1. The highest BCUT2D eigenvalue weighted by Gasteiger charge is 2.65. The Morgan fingerprint density at radius 3 is 2.37 bits per heavy atom. The van der Waals surface area contributed by atoms with Crippen LogP contribution in [0, 0.1) is 29.1 Å². The molecule has 19 heavy (non-hydrogen) atoms. The molecule has 108 valence electrons. The molecule has 1 amide bonds. The summed E-state index contributed by atoms with van der Waals surface area (Å²) in [6.45, 7) is 6.68. The second-order valence-corrected chi connectivity index (χ2v) is 6.88. The molecule has 2 unspecified atom stereocenters. The molecule has 2 aliphatic carbocycles. The van der Waals surface area contributed by atoms with Crippen molar-refractivity contribution in [3.05, 3.63) is 0 Å². The Kier molecular flexibility index (Phi) is 3.88. The van der Waals surface area contributed by atoms with Gasteiger partial charge in [0.2, 0.25) is 5.91 Å². The second kappa shape index (κ2) is 5.14. The van der Waals surface area contributed by atoms with Crippen LogP contribution in [0.3, 0.4) is 0 Å². The summed E-state index contributed by atoms with van der Waals surface area (Å²) >= 11 is 0. The van der Waals surface area contributed by atoms with Gasteiger partial charge >= 0.3 is 5.97 Å². The van der Waals surface area contributed by atoms with Gasteiger partial charge in [0.25, 0.3) is 0 Å². The summed E-state index contributed by atoms with van der Waals surface area (Å²) in [5, 5.41) is 12.1. The van der Waals surface area contributed by atoms with E-state index in [4.69, 9.17) is 5.11 Å². The molecule has 0 spiro atoms. The number of rotatable bonds is 4. The fourth-order valence-corrected chi connectivity index (χ4v) is 3.63. The normalized spacial score (nSPS) is 36.6. The van der Waals surface area contributed by atoms with E-state index in [0.29, 0.717) is 18.4 Å². The zero-order chi connectivity index (χ0) is 14.2. The Morgan fingerprint density at radius 1 is 1.21 bits per heavy atom. The number of carbonyl (C=O) groups is 2. The molecule has 4 nitrogen and oxygen atoms in total. The van der Waals surface area contributed by atoms with Crippen molar-refractivity contribution in [3.8, 4) is 0 Å². The third kappa shape index (κ3) is 2.77. The predicted octanol–water partition coefficient (Wildman–Crippen LogP) is 2.29. The van der Waals surface area contributed by atoms with Gasteiger partial charge in [-0.25, -0.2) is 0 Å². The largest absolute Gasteiger partial charge is 0.481 e. The lowest BCUT2D eigenvalue weighted by molar-refractivity contribution is -0.140. The fraction of sp³-hybridized carbons (Fsp3) is 0.867. The van der Waals surface area contributed by atoms with Crippen LogP contribution in [-0.4, -0.2) is 23.5 Å². The highest BCUT2D eigenvalue weighted by Crippen LogP contribution is 2.58. The molecule has 0 aliphatic heterocycles. The average Bonchev–Trinajstić information content (AvgIpc) is 2.91. The Morgan fingerprint density at radius 2 is 1.84 bits per heavy atom. The molecule has 0 aromatic heterocycles. The second-order valence-electron chi connectivity index (χ2n) is 6.88. The van der Waals surface area contributed by atoms with E-state index in [1.54, 1.807) is 0 Å². The van der Waals surface area contributed by atoms with Crippen LogP contribution in [0.5, 0.6) is 0 Å². The first-order valence-electron chi connectivity index (χ1n) is 7.36. The summed E-state index contributed by atoms with van der Waals surface area (Å²) < 4.78 is 0. The van der Waals surface area contributed by atoms with Gasteiger partial charge in [-0.3, -0.25) is 9.59 Å². The number of carbonyl (C=O) groups excluding carboxylic acids is 1. The summed E-state index contributed by atoms with van der Waals surface area (Å²) in [4.78, 5) is 23.2. The molecule has 2 saturated carbocycles. The van der Waals surface area contributed by atoms with Crippen molar-refractivity contribution in [2.45, 2.75) is 46.5 Å². The van der Waals surface area contributed by atoms with E-state index in [-0.39, 0.29) is 11.8 Å². The van der Waals surface area contributed by atoms with Crippen molar-refractivity contribution in [1.29, 1.82) is 0 Å². The monoisotopic (exact) mass is 267 g/mol. The molecule has 0 saturated heterocycles. The van der Waals surface area contributed by atoms with Gasteiger partial charge in [-0.1, -0.05) is 40.0 Å². The highest BCUT2D eigenvalue weighted by atomic mass is 16.4. The van der Waals surface area contributed by atoms with E-state index in [1.807, 2.05) is 13.8 Å². The molecule has 0 heterocycles. The summed E-state index contributed by atoms with van der Waals surface area (Å²) in [6.07, 6.45) is 4.96. The molecule has 2 aliphatic rings. The van der Waals surface area contributed by atoms with Gasteiger partial charge in [-0.15, -0.1) is 0 Å². The lowest BCUT2D eigenvalue weighted by Crippen LogP contribution is -2.35. The summed E-state index contributed by atoms with van der Waals surface area (Å²) in [5.74, 6) is -0.578. The number of hydrogen-bond acceptors (Lipinski definition) is 2. The highest BCUT2D eigenvalue weighted by molar-refractivity contribution is 5.91. The van der Waals surface area contributed by atoms with E-state index in [1.165, 1.54) is 25.7 Å². The van der Waals surface area contributed by atoms with Gasteiger partial charge in [0.15, 0.2) is 0 Å². The van der Waals surface area contributed by atoms with Crippen LogP contribution in [0.15, 0.2) is 0 Å². The maximum absolute atomic E-state index is 12.1. The van der Waals surface area contributed by atoms with Crippen LogP contribution in [0.2, 0.25) is 0 Å². The number of hydrogen-bond donors (Lipinski definition) is 2. The third-order valence-electron chi connectivity index (χ3n) is 5.20. The Bertz CT molecular complexity index is 378. The Hall–Kier alpha value is -1.06. The number of nitrogens with one attached hydrogen (secondary N) is 1. The molecule has 0 aromatic rings. The van der Waals surface area contributed by atoms with Gasteiger partial charge in [0.05, 0.1) is 11.8 Å². The number of carboxylic acid groups (broad SMARTS) is 1. The summed E-state index contributed by atoms with van der Waals surface area (Å²) in [6, 6.07) is 0. The average molecular weight is 267 g/mol. The molecule has 4 heteroatoms. The van der Waals surface area contributed by atoms with E-state index in [2.05, 4.69) is 12.2 Å². The molecular weight excluding hydrogens is 242 g/mol. The first-order valence-corrected chi connectivity index (χ1v) is 7.36. The minimum atomic E-state index is -0.851. The molecular formula is C15H25NO3. The number of aliphatic carboxylic acids is 1. The Balaban J connectivity index is 1.84.